The molecule has 1 saturated heterocycles. The second-order valence-electron chi connectivity index (χ2n) is 10.3. The quantitative estimate of drug-likeness (QED) is 0.487. The summed E-state index contributed by atoms with van der Waals surface area (Å²) in [6.45, 7) is 13.1. The first-order valence-corrected chi connectivity index (χ1v) is 14.8. The Kier molecular flexibility index (Phi) is 8.26. The highest BCUT2D eigenvalue weighted by molar-refractivity contribution is 7.85. The van der Waals surface area contributed by atoms with Crippen molar-refractivity contribution in [1.82, 2.24) is 15.1 Å². The van der Waals surface area contributed by atoms with Crippen LogP contribution in [0.25, 0.3) is 0 Å². The molecule has 0 aromatic heterocycles. The van der Waals surface area contributed by atoms with E-state index in [1.165, 1.54) is 0 Å². The average Bonchev–Trinajstić information content (AvgIpc) is 3.04. The van der Waals surface area contributed by atoms with Crippen molar-refractivity contribution >= 4 is 28.3 Å². The van der Waals surface area contributed by atoms with Crippen LogP contribution in [0.5, 0.6) is 0 Å². The zero-order valence-corrected chi connectivity index (χ0v) is 23.7. The summed E-state index contributed by atoms with van der Waals surface area (Å²) < 4.78 is 13.7. The molecule has 8 heteroatoms. The van der Waals surface area contributed by atoms with E-state index >= 15 is 0 Å². The smallest absolute Gasteiger partial charge is 0.259 e. The Morgan fingerprint density at radius 2 is 1.67 bits per heavy atom. The first kappa shape index (κ1) is 27.2. The number of anilines is 1. The van der Waals surface area contributed by atoms with Crippen LogP contribution in [-0.4, -0.2) is 71.6 Å². The first-order chi connectivity index (χ1) is 18.9. The van der Waals surface area contributed by atoms with Crippen LogP contribution in [0.1, 0.15) is 44.3 Å². The van der Waals surface area contributed by atoms with E-state index in [9.17, 15) is 13.8 Å². The van der Waals surface area contributed by atoms with Gasteiger partial charge in [-0.3, -0.25) is 14.5 Å². The zero-order chi connectivity index (χ0) is 27.5. The highest BCUT2D eigenvalue weighted by Gasteiger charge is 2.32. The standard InChI is InChI=1S/C31H36N4O3S/c1-4-33-15-17-34(18-16-33)14-13-32-30(36)24-11-12-29-27(20-24)35(21-25-19-22(2)9-10-23(25)3)31(37)26-7-5-6-8-28(26)39(29)38/h5-12,19-20H,4,13-18,21H2,1-3H3,(H,32,36)/t39-/m0/s1. The number of benzene rings is 3. The van der Waals surface area contributed by atoms with Crippen LogP contribution >= 0.6 is 0 Å². The van der Waals surface area contributed by atoms with Crippen molar-refractivity contribution in [3.63, 3.8) is 0 Å². The van der Waals surface area contributed by atoms with E-state index < -0.39 is 10.8 Å². The topological polar surface area (TPSA) is 73.0 Å². The fourth-order valence-corrected chi connectivity index (χ4v) is 6.61. The molecule has 0 spiro atoms. The fraction of sp³-hybridized carbons (Fsp3) is 0.355. The predicted molar refractivity (Wildman–Crippen MR) is 155 cm³/mol. The number of rotatable bonds is 7. The van der Waals surface area contributed by atoms with E-state index in [0.29, 0.717) is 39.7 Å². The van der Waals surface area contributed by atoms with Gasteiger partial charge in [-0.1, -0.05) is 42.8 Å². The number of hydrogen-bond acceptors (Lipinski definition) is 5. The Morgan fingerprint density at radius 3 is 2.44 bits per heavy atom. The first-order valence-electron chi connectivity index (χ1n) is 13.6. The van der Waals surface area contributed by atoms with Gasteiger partial charge >= 0.3 is 0 Å². The number of amides is 2. The van der Waals surface area contributed by atoms with Crippen molar-refractivity contribution in [2.24, 2.45) is 0 Å². The van der Waals surface area contributed by atoms with Gasteiger partial charge in [0.2, 0.25) is 0 Å². The van der Waals surface area contributed by atoms with E-state index in [1.807, 2.05) is 26.0 Å². The second-order valence-corrected chi connectivity index (χ2v) is 11.7. The van der Waals surface area contributed by atoms with Gasteiger partial charge in [-0.2, -0.15) is 0 Å². The van der Waals surface area contributed by atoms with Crippen LogP contribution in [0.4, 0.5) is 5.69 Å². The minimum Gasteiger partial charge on any atom is -0.351 e. The van der Waals surface area contributed by atoms with E-state index in [2.05, 4.69) is 28.1 Å². The summed E-state index contributed by atoms with van der Waals surface area (Å²) in [4.78, 5) is 34.6. The third-order valence-electron chi connectivity index (χ3n) is 7.73. The number of aryl methyl sites for hydroxylation is 2. The average molecular weight is 545 g/mol. The molecule has 204 valence electrons. The maximum absolute atomic E-state index is 13.9. The molecular weight excluding hydrogens is 508 g/mol. The molecule has 2 aliphatic heterocycles. The lowest BCUT2D eigenvalue weighted by atomic mass is 10.0. The SMILES string of the molecule is CCN1CCN(CCNC(=O)c2ccc3c(c2)N(Cc2cc(C)ccc2C)C(=O)c2ccccc2[S@@]3=O)CC1. The summed E-state index contributed by atoms with van der Waals surface area (Å²) in [5, 5.41) is 3.04. The van der Waals surface area contributed by atoms with Crippen LogP contribution in [0, 0.1) is 13.8 Å². The van der Waals surface area contributed by atoms with Crippen molar-refractivity contribution in [3.8, 4) is 0 Å². The molecule has 0 radical (unpaired) electrons. The van der Waals surface area contributed by atoms with Gasteiger partial charge in [0.05, 0.1) is 38.4 Å². The number of piperazine rings is 1. The van der Waals surface area contributed by atoms with Gasteiger partial charge in [0.25, 0.3) is 11.8 Å². The van der Waals surface area contributed by atoms with Crippen LogP contribution in [0.2, 0.25) is 0 Å². The van der Waals surface area contributed by atoms with Crippen molar-refractivity contribution in [2.75, 3.05) is 50.7 Å². The van der Waals surface area contributed by atoms with Gasteiger partial charge in [0, 0.05) is 44.8 Å². The largest absolute Gasteiger partial charge is 0.351 e. The Hall–Kier alpha value is -3.33. The maximum atomic E-state index is 13.9. The molecule has 0 aliphatic carbocycles. The normalized spacial score (nSPS) is 17.9. The highest BCUT2D eigenvalue weighted by Crippen LogP contribution is 2.36. The number of hydrogen-bond donors (Lipinski definition) is 1. The molecule has 3 aromatic carbocycles. The molecule has 2 aliphatic rings. The zero-order valence-electron chi connectivity index (χ0n) is 22.9. The molecule has 2 amide bonds. The second kappa shape index (κ2) is 11.8. The van der Waals surface area contributed by atoms with E-state index in [1.54, 1.807) is 47.4 Å². The van der Waals surface area contributed by atoms with Gasteiger partial charge in [-0.25, -0.2) is 4.21 Å². The lowest BCUT2D eigenvalue weighted by Crippen LogP contribution is -2.48. The monoisotopic (exact) mass is 544 g/mol. The van der Waals surface area contributed by atoms with Gasteiger partial charge < -0.3 is 15.1 Å². The molecule has 7 nitrogen and oxygen atoms in total. The molecule has 0 unspecified atom stereocenters. The number of fused-ring (bicyclic) bond motifs is 2. The Labute approximate surface area is 233 Å². The Morgan fingerprint density at radius 1 is 0.923 bits per heavy atom. The molecule has 39 heavy (non-hydrogen) atoms. The summed E-state index contributed by atoms with van der Waals surface area (Å²) in [6, 6.07) is 18.4. The summed E-state index contributed by atoms with van der Waals surface area (Å²) in [7, 11) is -1.56. The minimum atomic E-state index is -1.56. The number of likely N-dealkylation sites (N-methyl/N-ethyl adjacent to an activating group) is 1. The van der Waals surface area contributed by atoms with Crippen LogP contribution in [0.3, 0.4) is 0 Å². The summed E-state index contributed by atoms with van der Waals surface area (Å²) in [5.41, 5.74) is 4.57. The molecule has 0 saturated carbocycles. The predicted octanol–water partition coefficient (Wildman–Crippen LogP) is 4.00. The summed E-state index contributed by atoms with van der Waals surface area (Å²) in [5.74, 6) is -0.418. The Balaban J connectivity index is 1.42. The third-order valence-corrected chi connectivity index (χ3v) is 9.23. The summed E-state index contributed by atoms with van der Waals surface area (Å²) in [6.07, 6.45) is 0. The van der Waals surface area contributed by atoms with Gasteiger partial charge in [0.15, 0.2) is 0 Å². The molecule has 3 aromatic rings. The van der Waals surface area contributed by atoms with Crippen molar-refractivity contribution in [2.45, 2.75) is 37.1 Å². The number of carbonyl (C=O) groups is 2. The van der Waals surface area contributed by atoms with Crippen LogP contribution < -0.4 is 10.2 Å². The van der Waals surface area contributed by atoms with E-state index in [4.69, 9.17) is 0 Å². The van der Waals surface area contributed by atoms with Gasteiger partial charge in [-0.05, 0) is 61.9 Å². The van der Waals surface area contributed by atoms with Crippen LogP contribution in [-0.2, 0) is 17.3 Å². The number of nitrogens with zero attached hydrogens (tertiary/aromatic N) is 3. The lowest BCUT2D eigenvalue weighted by molar-refractivity contribution is 0.0935. The molecule has 5 rings (SSSR count). The molecule has 1 N–H and O–H groups in total. The minimum absolute atomic E-state index is 0.198. The number of nitrogens with one attached hydrogen (secondary N) is 1. The summed E-state index contributed by atoms with van der Waals surface area (Å²) >= 11 is 0. The van der Waals surface area contributed by atoms with Crippen molar-refractivity contribution in [3.05, 3.63) is 88.5 Å². The Bertz CT molecular complexity index is 1410. The van der Waals surface area contributed by atoms with E-state index in [0.717, 1.165) is 56.0 Å². The van der Waals surface area contributed by atoms with E-state index in [-0.39, 0.29) is 11.8 Å². The fourth-order valence-electron chi connectivity index (χ4n) is 5.26. The molecular formula is C31H36N4O3S. The third kappa shape index (κ3) is 5.83. The molecule has 1 atom stereocenters. The lowest BCUT2D eigenvalue weighted by Gasteiger charge is -2.33. The van der Waals surface area contributed by atoms with Gasteiger partial charge in [-0.15, -0.1) is 0 Å². The van der Waals surface area contributed by atoms with Crippen molar-refractivity contribution < 1.29 is 13.8 Å². The highest BCUT2D eigenvalue weighted by atomic mass is 32.2. The molecule has 2 heterocycles. The van der Waals surface area contributed by atoms with Gasteiger partial charge in [0.1, 0.15) is 0 Å². The number of carbonyl (C=O) groups excluding carboxylic acids is 2. The molecule has 1 fully saturated rings. The van der Waals surface area contributed by atoms with Crippen molar-refractivity contribution in [1.29, 1.82) is 0 Å². The molecule has 0 bridgehead atoms. The maximum Gasteiger partial charge on any atom is 0.259 e. The van der Waals surface area contributed by atoms with Crippen LogP contribution in [0.15, 0.2) is 70.5 Å².